The van der Waals surface area contributed by atoms with Crippen molar-refractivity contribution >= 4 is 23.2 Å². The van der Waals surface area contributed by atoms with Gasteiger partial charge in [0, 0.05) is 11.8 Å². The van der Waals surface area contributed by atoms with Gasteiger partial charge in [0.2, 0.25) is 0 Å². The lowest BCUT2D eigenvalue weighted by molar-refractivity contribution is 0.234. The van der Waals surface area contributed by atoms with Crippen LogP contribution in [0.2, 0.25) is 13.6 Å². The smallest absolute Gasteiger partial charge is 0.169 e. The van der Waals surface area contributed by atoms with Crippen LogP contribution in [-0.2, 0) is 0 Å². The lowest BCUT2D eigenvalue weighted by atomic mass is 9.49. The van der Waals surface area contributed by atoms with E-state index in [1.807, 2.05) is 36.4 Å². The number of hydrogen-bond acceptors (Lipinski definition) is 2. The van der Waals surface area contributed by atoms with Crippen LogP contribution in [0.4, 0.5) is 0 Å². The van der Waals surface area contributed by atoms with Gasteiger partial charge in [-0.05, 0) is 35.1 Å². The molecule has 0 aliphatic rings. The normalized spacial score (nSPS) is 11.4. The average Bonchev–Trinajstić information content (AvgIpc) is 2.73. The van der Waals surface area contributed by atoms with Gasteiger partial charge < -0.3 is 0 Å². The number of aromatic nitrogens is 2. The van der Waals surface area contributed by atoms with E-state index in [0.29, 0.717) is 6.71 Å². The van der Waals surface area contributed by atoms with E-state index in [4.69, 9.17) is 0 Å². The zero-order valence-electron chi connectivity index (χ0n) is 18.7. The van der Waals surface area contributed by atoms with Crippen molar-refractivity contribution in [3.63, 3.8) is 0 Å². The van der Waals surface area contributed by atoms with Gasteiger partial charge >= 0.3 is 0 Å². The molecule has 0 aliphatic carbocycles. The molecule has 0 amide bonds. The molecule has 0 saturated heterocycles. The van der Waals surface area contributed by atoms with Crippen LogP contribution in [0.1, 0.15) is 27.7 Å². The maximum absolute atomic E-state index is 4.66. The predicted octanol–water partition coefficient (Wildman–Crippen LogP) is 6.67. The molecular formula is C26H33BN2. The lowest BCUT2D eigenvalue weighted by Crippen LogP contribution is -2.27. The van der Waals surface area contributed by atoms with Gasteiger partial charge in [0.25, 0.3) is 0 Å². The Kier molecular flexibility index (Phi) is 7.19. The highest BCUT2D eigenvalue weighted by molar-refractivity contribution is 6.70. The van der Waals surface area contributed by atoms with Crippen LogP contribution in [0.3, 0.4) is 0 Å². The van der Waals surface area contributed by atoms with Crippen molar-refractivity contribution in [2.24, 2.45) is 10.8 Å². The van der Waals surface area contributed by atoms with Crippen molar-refractivity contribution in [2.45, 2.75) is 41.3 Å². The Morgan fingerprint density at radius 2 is 1.38 bits per heavy atom. The second-order valence-electron chi connectivity index (χ2n) is 8.87. The fraction of sp³-hybridized carbons (Fsp3) is 0.308. The molecule has 0 bridgehead atoms. The van der Waals surface area contributed by atoms with E-state index in [2.05, 4.69) is 88.7 Å². The highest BCUT2D eigenvalue weighted by Crippen LogP contribution is 2.39. The molecule has 1 aromatic carbocycles. The van der Waals surface area contributed by atoms with Crippen molar-refractivity contribution in [1.82, 2.24) is 9.97 Å². The molecule has 29 heavy (non-hydrogen) atoms. The zero-order valence-corrected chi connectivity index (χ0v) is 18.7. The summed E-state index contributed by atoms with van der Waals surface area (Å²) in [5, 5.41) is 0. The van der Waals surface area contributed by atoms with Gasteiger partial charge in [0.05, 0.1) is 16.7 Å². The maximum atomic E-state index is 4.66. The third-order valence-electron chi connectivity index (χ3n) is 6.01. The number of rotatable bonds is 5. The largest absolute Gasteiger partial charge is 0.255 e. The topological polar surface area (TPSA) is 25.8 Å². The van der Waals surface area contributed by atoms with Gasteiger partial charge in [-0.15, -0.1) is 13.2 Å². The van der Waals surface area contributed by atoms with Crippen LogP contribution in [0.25, 0.3) is 22.3 Å². The van der Waals surface area contributed by atoms with Crippen LogP contribution in [0.15, 0.2) is 80.0 Å². The molecule has 3 rings (SSSR count). The van der Waals surface area contributed by atoms with Gasteiger partial charge in [-0.2, -0.15) is 0 Å². The van der Waals surface area contributed by atoms with Crippen LogP contribution >= 0.6 is 0 Å². The van der Waals surface area contributed by atoms with E-state index < -0.39 is 0 Å². The molecule has 0 aliphatic heterocycles. The first-order chi connectivity index (χ1) is 13.6. The summed E-state index contributed by atoms with van der Waals surface area (Å²) in [5.41, 5.74) is 5.64. The molecular weight excluding hydrogens is 351 g/mol. The van der Waals surface area contributed by atoms with Gasteiger partial charge in [-0.1, -0.05) is 83.2 Å². The van der Waals surface area contributed by atoms with E-state index in [-0.39, 0.29) is 10.8 Å². The van der Waals surface area contributed by atoms with Gasteiger partial charge in [-0.3, -0.25) is 4.98 Å². The number of allylic oxidation sites excluding steroid dienone is 2. The summed E-state index contributed by atoms with van der Waals surface area (Å²) in [6.07, 6.45) is 5.75. The first kappa shape index (κ1) is 22.6. The third kappa shape index (κ3) is 5.44. The maximum Gasteiger partial charge on any atom is 0.169 e. The van der Waals surface area contributed by atoms with Gasteiger partial charge in [0.15, 0.2) is 6.71 Å². The monoisotopic (exact) mass is 384 g/mol. The molecule has 0 saturated carbocycles. The fourth-order valence-electron chi connectivity index (χ4n) is 2.68. The first-order valence-corrected chi connectivity index (χ1v) is 10.2. The zero-order chi connectivity index (χ0) is 21.7. The Labute approximate surface area is 176 Å². The van der Waals surface area contributed by atoms with Crippen LogP contribution in [0, 0.1) is 10.8 Å². The Hall–Kier alpha value is -2.68. The SMILES string of the molecule is C=CC(C)(C)C(C)(C)C=C.CB(C)c1ccc(-c2ccc3ncccc3n2)cc1. The van der Waals surface area contributed by atoms with Crippen LogP contribution in [-0.4, -0.2) is 16.7 Å². The van der Waals surface area contributed by atoms with E-state index in [1.54, 1.807) is 6.20 Å². The molecule has 0 N–H and O–H groups in total. The second-order valence-corrected chi connectivity index (χ2v) is 8.87. The highest BCUT2D eigenvalue weighted by atomic mass is 14.8. The number of pyridine rings is 2. The fourth-order valence-corrected chi connectivity index (χ4v) is 2.68. The van der Waals surface area contributed by atoms with Crippen molar-refractivity contribution in [3.8, 4) is 11.3 Å². The Bertz CT molecular complexity index is 951. The second kappa shape index (κ2) is 9.22. The highest BCUT2D eigenvalue weighted by Gasteiger charge is 2.30. The average molecular weight is 384 g/mol. The van der Waals surface area contributed by atoms with E-state index in [0.717, 1.165) is 22.3 Å². The quantitative estimate of drug-likeness (QED) is 0.363. The molecule has 2 heterocycles. The molecule has 2 nitrogen and oxygen atoms in total. The van der Waals surface area contributed by atoms with Gasteiger partial charge in [-0.25, -0.2) is 4.98 Å². The summed E-state index contributed by atoms with van der Waals surface area (Å²) in [6.45, 7) is 21.2. The lowest BCUT2D eigenvalue weighted by Gasteiger charge is -2.36. The summed E-state index contributed by atoms with van der Waals surface area (Å²) >= 11 is 0. The molecule has 0 atom stereocenters. The van der Waals surface area contributed by atoms with Crippen LogP contribution in [0.5, 0.6) is 0 Å². The summed E-state index contributed by atoms with van der Waals surface area (Å²) < 4.78 is 0. The number of hydrogen-bond donors (Lipinski definition) is 0. The summed E-state index contributed by atoms with van der Waals surface area (Å²) in [6, 6.07) is 16.6. The molecule has 2 aromatic heterocycles. The summed E-state index contributed by atoms with van der Waals surface area (Å²) in [4.78, 5) is 8.95. The molecule has 0 unspecified atom stereocenters. The molecule has 0 fully saturated rings. The standard InChI is InChI=1S/C16H15BN2.C10H18/c1-17(2)13-7-5-12(6-8-13)14-9-10-15-16(19-14)4-3-11-18-15;1-7-9(3,4)10(5,6)8-2/h3-11H,1-2H3;7-8H,1-2H2,3-6H3. The molecule has 150 valence electrons. The molecule has 3 heteroatoms. The van der Waals surface area contributed by atoms with Crippen molar-refractivity contribution in [2.75, 3.05) is 0 Å². The van der Waals surface area contributed by atoms with E-state index >= 15 is 0 Å². The summed E-state index contributed by atoms with van der Waals surface area (Å²) in [7, 11) is 0. The first-order valence-electron chi connectivity index (χ1n) is 10.2. The minimum atomic E-state index is 0.134. The van der Waals surface area contributed by atoms with Crippen LogP contribution < -0.4 is 5.46 Å². The third-order valence-corrected chi connectivity index (χ3v) is 6.01. The van der Waals surface area contributed by atoms with Crippen molar-refractivity contribution in [3.05, 3.63) is 80.0 Å². The Balaban J connectivity index is 0.000000257. The minimum Gasteiger partial charge on any atom is -0.255 e. The molecule has 3 aromatic rings. The predicted molar refractivity (Wildman–Crippen MR) is 130 cm³/mol. The van der Waals surface area contributed by atoms with E-state index in [1.165, 1.54) is 5.46 Å². The molecule has 0 spiro atoms. The Morgan fingerprint density at radius 3 is 1.90 bits per heavy atom. The summed E-state index contributed by atoms with van der Waals surface area (Å²) in [5.74, 6) is 0. The molecule has 0 radical (unpaired) electrons. The number of benzene rings is 1. The van der Waals surface area contributed by atoms with Gasteiger partial charge in [0.1, 0.15) is 0 Å². The minimum absolute atomic E-state index is 0.134. The van der Waals surface area contributed by atoms with Crippen molar-refractivity contribution < 1.29 is 0 Å². The van der Waals surface area contributed by atoms with E-state index in [9.17, 15) is 0 Å². The number of nitrogens with zero attached hydrogens (tertiary/aromatic N) is 2. The van der Waals surface area contributed by atoms with Crippen molar-refractivity contribution in [1.29, 1.82) is 0 Å². The number of fused-ring (bicyclic) bond motifs is 1. The Morgan fingerprint density at radius 1 is 0.793 bits per heavy atom.